The molecule has 0 aliphatic heterocycles. The van der Waals surface area contributed by atoms with Gasteiger partial charge >= 0.3 is 0 Å². The molecule has 1 aromatic heterocycles. The van der Waals surface area contributed by atoms with Crippen LogP contribution < -0.4 is 10.6 Å². The van der Waals surface area contributed by atoms with Crippen LogP contribution in [0.2, 0.25) is 0 Å². The van der Waals surface area contributed by atoms with Gasteiger partial charge in [-0.25, -0.2) is 9.97 Å². The van der Waals surface area contributed by atoms with Crippen LogP contribution >= 0.6 is 11.8 Å². The Bertz CT molecular complexity index is 586. The third kappa shape index (κ3) is 4.63. The van der Waals surface area contributed by atoms with Crippen molar-refractivity contribution in [3.8, 4) is 0 Å². The SMILES string of the molecule is CCCNc1cc(Nc2cccc(SC)c2)nc(CC)n1. The maximum absolute atomic E-state index is 4.54. The zero-order chi connectivity index (χ0) is 15.1. The van der Waals surface area contributed by atoms with E-state index in [2.05, 4.69) is 52.8 Å². The summed E-state index contributed by atoms with van der Waals surface area (Å²) in [6.45, 7) is 5.13. The van der Waals surface area contributed by atoms with Gasteiger partial charge in [0.2, 0.25) is 0 Å². The van der Waals surface area contributed by atoms with Crippen LogP contribution in [0.25, 0.3) is 0 Å². The van der Waals surface area contributed by atoms with Crippen molar-refractivity contribution in [3.63, 3.8) is 0 Å². The minimum absolute atomic E-state index is 0.821. The highest BCUT2D eigenvalue weighted by Crippen LogP contribution is 2.22. The van der Waals surface area contributed by atoms with Crippen molar-refractivity contribution < 1.29 is 0 Å². The van der Waals surface area contributed by atoms with Crippen molar-refractivity contribution in [1.29, 1.82) is 0 Å². The monoisotopic (exact) mass is 302 g/mol. The number of anilines is 3. The Morgan fingerprint density at radius 3 is 2.62 bits per heavy atom. The van der Waals surface area contributed by atoms with Crippen molar-refractivity contribution in [2.75, 3.05) is 23.4 Å². The lowest BCUT2D eigenvalue weighted by molar-refractivity contribution is 0.919. The first-order valence-corrected chi connectivity index (χ1v) is 8.50. The number of hydrogen-bond donors (Lipinski definition) is 2. The number of thioether (sulfide) groups is 1. The molecule has 1 heterocycles. The first-order chi connectivity index (χ1) is 10.2. The van der Waals surface area contributed by atoms with E-state index < -0.39 is 0 Å². The lowest BCUT2D eigenvalue weighted by atomic mass is 10.3. The molecule has 0 atom stereocenters. The lowest BCUT2D eigenvalue weighted by Crippen LogP contribution is -2.06. The molecule has 112 valence electrons. The Labute approximate surface area is 130 Å². The fourth-order valence-corrected chi connectivity index (χ4v) is 2.37. The number of rotatable bonds is 7. The predicted molar refractivity (Wildman–Crippen MR) is 91.7 cm³/mol. The molecule has 0 fully saturated rings. The van der Waals surface area contributed by atoms with Crippen LogP contribution in [0.5, 0.6) is 0 Å². The molecule has 0 saturated heterocycles. The molecule has 0 radical (unpaired) electrons. The second-order valence-corrected chi connectivity index (χ2v) is 5.57. The van der Waals surface area contributed by atoms with Gasteiger partial charge in [-0.3, -0.25) is 0 Å². The summed E-state index contributed by atoms with van der Waals surface area (Å²) in [6, 6.07) is 10.3. The molecule has 5 heteroatoms. The second kappa shape index (κ2) is 7.88. The van der Waals surface area contributed by atoms with Crippen molar-refractivity contribution in [2.24, 2.45) is 0 Å². The molecule has 4 nitrogen and oxygen atoms in total. The summed E-state index contributed by atoms with van der Waals surface area (Å²) in [5.74, 6) is 2.56. The lowest BCUT2D eigenvalue weighted by Gasteiger charge is -2.11. The highest BCUT2D eigenvalue weighted by atomic mass is 32.2. The van der Waals surface area contributed by atoms with Gasteiger partial charge in [-0.15, -0.1) is 11.8 Å². The summed E-state index contributed by atoms with van der Waals surface area (Å²) in [6.07, 6.45) is 3.97. The number of hydrogen-bond acceptors (Lipinski definition) is 5. The molecule has 2 aromatic rings. The number of benzene rings is 1. The maximum Gasteiger partial charge on any atom is 0.136 e. The molecule has 0 bridgehead atoms. The Morgan fingerprint density at radius 2 is 1.90 bits per heavy atom. The van der Waals surface area contributed by atoms with Gasteiger partial charge in [-0.2, -0.15) is 0 Å². The van der Waals surface area contributed by atoms with Gasteiger partial charge in [0.1, 0.15) is 17.5 Å². The topological polar surface area (TPSA) is 49.8 Å². The van der Waals surface area contributed by atoms with Crippen LogP contribution in [0, 0.1) is 0 Å². The normalized spacial score (nSPS) is 10.4. The van der Waals surface area contributed by atoms with E-state index in [1.807, 2.05) is 18.2 Å². The number of nitrogens with one attached hydrogen (secondary N) is 2. The fraction of sp³-hybridized carbons (Fsp3) is 0.375. The first-order valence-electron chi connectivity index (χ1n) is 7.28. The minimum atomic E-state index is 0.821. The van der Waals surface area contributed by atoms with Gasteiger partial charge in [0.05, 0.1) is 0 Å². The molecule has 1 aromatic carbocycles. The number of aromatic nitrogens is 2. The van der Waals surface area contributed by atoms with Crippen molar-refractivity contribution in [2.45, 2.75) is 31.6 Å². The molecule has 2 N–H and O–H groups in total. The van der Waals surface area contributed by atoms with Gasteiger partial charge < -0.3 is 10.6 Å². The first kappa shape index (κ1) is 15.6. The van der Waals surface area contributed by atoms with E-state index in [4.69, 9.17) is 0 Å². The molecular formula is C16H22N4S. The van der Waals surface area contributed by atoms with Gasteiger partial charge in [-0.1, -0.05) is 19.9 Å². The van der Waals surface area contributed by atoms with E-state index in [0.717, 1.165) is 42.5 Å². The molecule has 0 aliphatic carbocycles. The summed E-state index contributed by atoms with van der Waals surface area (Å²) in [4.78, 5) is 10.3. The zero-order valence-electron chi connectivity index (χ0n) is 12.8. The van der Waals surface area contributed by atoms with Crippen molar-refractivity contribution in [1.82, 2.24) is 9.97 Å². The molecule has 0 unspecified atom stereocenters. The van der Waals surface area contributed by atoms with E-state index >= 15 is 0 Å². The van der Waals surface area contributed by atoms with Gasteiger partial charge in [0.25, 0.3) is 0 Å². The predicted octanol–water partition coefficient (Wildman–Crippen LogP) is 4.33. The highest BCUT2D eigenvalue weighted by molar-refractivity contribution is 7.98. The summed E-state index contributed by atoms with van der Waals surface area (Å²) in [7, 11) is 0. The number of aryl methyl sites for hydroxylation is 1. The van der Waals surface area contributed by atoms with Crippen LogP contribution in [-0.4, -0.2) is 22.8 Å². The van der Waals surface area contributed by atoms with Crippen LogP contribution in [-0.2, 0) is 6.42 Å². The van der Waals surface area contributed by atoms with Gasteiger partial charge in [-0.05, 0) is 30.9 Å². The average molecular weight is 302 g/mol. The molecule has 0 spiro atoms. The largest absolute Gasteiger partial charge is 0.370 e. The zero-order valence-corrected chi connectivity index (χ0v) is 13.6. The van der Waals surface area contributed by atoms with E-state index in [1.54, 1.807) is 11.8 Å². The van der Waals surface area contributed by atoms with E-state index in [9.17, 15) is 0 Å². The summed E-state index contributed by atoms with van der Waals surface area (Å²) >= 11 is 1.73. The Kier molecular flexibility index (Phi) is 5.87. The molecular weight excluding hydrogens is 280 g/mol. The van der Waals surface area contributed by atoms with E-state index in [-0.39, 0.29) is 0 Å². The van der Waals surface area contributed by atoms with Crippen LogP contribution in [0.4, 0.5) is 17.3 Å². The van der Waals surface area contributed by atoms with Crippen LogP contribution in [0.3, 0.4) is 0 Å². The van der Waals surface area contributed by atoms with E-state index in [1.165, 1.54) is 4.90 Å². The second-order valence-electron chi connectivity index (χ2n) is 4.69. The van der Waals surface area contributed by atoms with Gasteiger partial charge in [0.15, 0.2) is 0 Å². The molecule has 2 rings (SSSR count). The van der Waals surface area contributed by atoms with Crippen LogP contribution in [0.1, 0.15) is 26.1 Å². The quantitative estimate of drug-likeness (QED) is 0.746. The van der Waals surface area contributed by atoms with Crippen molar-refractivity contribution >= 4 is 29.1 Å². The van der Waals surface area contributed by atoms with Crippen molar-refractivity contribution in [3.05, 3.63) is 36.2 Å². The third-order valence-corrected chi connectivity index (χ3v) is 3.71. The summed E-state index contributed by atoms with van der Waals surface area (Å²) < 4.78 is 0. The molecule has 0 aliphatic rings. The smallest absolute Gasteiger partial charge is 0.136 e. The number of nitrogens with zero attached hydrogens (tertiary/aromatic N) is 2. The highest BCUT2D eigenvalue weighted by Gasteiger charge is 2.04. The Balaban J connectivity index is 2.21. The third-order valence-electron chi connectivity index (χ3n) is 2.99. The summed E-state index contributed by atoms with van der Waals surface area (Å²) in [5, 5.41) is 6.69. The molecule has 0 amide bonds. The Hall–Kier alpha value is -1.75. The Morgan fingerprint density at radius 1 is 1.10 bits per heavy atom. The molecule has 0 saturated carbocycles. The maximum atomic E-state index is 4.54. The van der Waals surface area contributed by atoms with Crippen LogP contribution in [0.15, 0.2) is 35.2 Å². The molecule has 21 heavy (non-hydrogen) atoms. The standard InChI is InChI=1S/C16H22N4S/c1-4-9-17-15-11-16(20-14(5-2)19-15)18-12-7-6-8-13(10-12)21-3/h6-8,10-11H,4-5,9H2,1-3H3,(H2,17,18,19,20). The summed E-state index contributed by atoms with van der Waals surface area (Å²) in [5.41, 5.74) is 1.05. The average Bonchev–Trinajstić information content (AvgIpc) is 2.52. The van der Waals surface area contributed by atoms with E-state index in [0.29, 0.717) is 0 Å². The minimum Gasteiger partial charge on any atom is -0.370 e. The van der Waals surface area contributed by atoms with Gasteiger partial charge in [0, 0.05) is 29.6 Å². The fourth-order valence-electron chi connectivity index (χ4n) is 1.91.